The van der Waals surface area contributed by atoms with E-state index in [1.165, 1.54) is 12.0 Å². The average molecular weight is 219 g/mol. The van der Waals surface area contributed by atoms with E-state index in [-0.39, 0.29) is 0 Å². The molecule has 3 atom stereocenters. The van der Waals surface area contributed by atoms with E-state index >= 15 is 0 Å². The van der Waals surface area contributed by atoms with Crippen LogP contribution in [0, 0.1) is 5.92 Å². The molecule has 1 aliphatic carbocycles. The summed E-state index contributed by atoms with van der Waals surface area (Å²) in [5.41, 5.74) is 7.30. The van der Waals surface area contributed by atoms with E-state index in [9.17, 15) is 0 Å². The van der Waals surface area contributed by atoms with Crippen LogP contribution >= 0.6 is 0 Å². The van der Waals surface area contributed by atoms with Gasteiger partial charge in [-0.1, -0.05) is 19.1 Å². The van der Waals surface area contributed by atoms with Crippen molar-refractivity contribution >= 4 is 0 Å². The number of hydrogen-bond acceptors (Lipinski definition) is 2. The summed E-state index contributed by atoms with van der Waals surface area (Å²) in [6, 6.07) is 8.78. The second-order valence-electron chi connectivity index (χ2n) is 4.79. The molecule has 2 N–H and O–H groups in total. The summed E-state index contributed by atoms with van der Waals surface area (Å²) >= 11 is 0. The van der Waals surface area contributed by atoms with Gasteiger partial charge in [-0.2, -0.15) is 0 Å². The monoisotopic (exact) mass is 219 g/mol. The van der Waals surface area contributed by atoms with E-state index in [1.54, 1.807) is 0 Å². The molecule has 2 nitrogen and oxygen atoms in total. The third kappa shape index (κ3) is 2.56. The molecule has 0 radical (unpaired) electrons. The van der Waals surface area contributed by atoms with Gasteiger partial charge < -0.3 is 10.5 Å². The van der Waals surface area contributed by atoms with Crippen LogP contribution in [0.1, 0.15) is 38.2 Å². The molecule has 0 aromatic heterocycles. The lowest BCUT2D eigenvalue weighted by molar-refractivity contribution is 0.317. The Hall–Kier alpha value is -1.02. The molecule has 3 unspecified atom stereocenters. The molecular formula is C14H21NO. The number of ether oxygens (including phenoxy) is 1. The van der Waals surface area contributed by atoms with Gasteiger partial charge >= 0.3 is 0 Å². The molecular weight excluding hydrogens is 198 g/mol. The summed E-state index contributed by atoms with van der Waals surface area (Å²) in [6.45, 7) is 5.02. The summed E-state index contributed by atoms with van der Waals surface area (Å²) in [5, 5.41) is 0. The summed E-state index contributed by atoms with van der Waals surface area (Å²) in [7, 11) is 0. The van der Waals surface area contributed by atoms with E-state index in [0.717, 1.165) is 18.8 Å². The van der Waals surface area contributed by atoms with Gasteiger partial charge in [0.25, 0.3) is 0 Å². The fraction of sp³-hybridized carbons (Fsp3) is 0.571. The first kappa shape index (κ1) is 11.5. The standard InChI is InChI=1S/C14H21NO/c1-3-7-16-12-6-4-5-11(8-12)14-9-13(14)10(2)15/h4-6,8,10,13-14H,3,7,9,15H2,1-2H3. The van der Waals surface area contributed by atoms with Crippen molar-refractivity contribution in [3.63, 3.8) is 0 Å². The molecule has 0 saturated heterocycles. The molecule has 2 rings (SSSR count). The van der Waals surface area contributed by atoms with Crippen molar-refractivity contribution in [1.29, 1.82) is 0 Å². The van der Waals surface area contributed by atoms with Crippen molar-refractivity contribution in [2.75, 3.05) is 6.61 Å². The highest BCUT2D eigenvalue weighted by Gasteiger charge is 2.40. The van der Waals surface area contributed by atoms with Crippen molar-refractivity contribution in [1.82, 2.24) is 0 Å². The van der Waals surface area contributed by atoms with Gasteiger partial charge in [0.15, 0.2) is 0 Å². The summed E-state index contributed by atoms with van der Waals surface area (Å²) < 4.78 is 5.64. The highest BCUT2D eigenvalue weighted by molar-refractivity contribution is 5.34. The van der Waals surface area contributed by atoms with Crippen LogP contribution in [-0.4, -0.2) is 12.6 Å². The maximum absolute atomic E-state index is 5.91. The van der Waals surface area contributed by atoms with E-state index in [4.69, 9.17) is 10.5 Å². The maximum Gasteiger partial charge on any atom is 0.119 e. The highest BCUT2D eigenvalue weighted by Crippen LogP contribution is 2.49. The fourth-order valence-corrected chi connectivity index (χ4v) is 2.23. The van der Waals surface area contributed by atoms with Gasteiger partial charge in [-0.3, -0.25) is 0 Å². The van der Waals surface area contributed by atoms with Gasteiger partial charge in [0.2, 0.25) is 0 Å². The number of benzene rings is 1. The summed E-state index contributed by atoms with van der Waals surface area (Å²) in [5.74, 6) is 2.32. The molecule has 0 spiro atoms. The molecule has 88 valence electrons. The predicted molar refractivity (Wildman–Crippen MR) is 66.7 cm³/mol. The third-order valence-electron chi connectivity index (χ3n) is 3.27. The van der Waals surface area contributed by atoms with Gasteiger partial charge in [0, 0.05) is 6.04 Å². The molecule has 1 aromatic carbocycles. The van der Waals surface area contributed by atoms with Gasteiger partial charge in [-0.15, -0.1) is 0 Å². The molecule has 1 saturated carbocycles. The van der Waals surface area contributed by atoms with Gasteiger partial charge in [-0.05, 0) is 49.3 Å². The number of nitrogens with two attached hydrogens (primary N) is 1. The molecule has 0 bridgehead atoms. The predicted octanol–water partition coefficient (Wildman–Crippen LogP) is 2.93. The van der Waals surface area contributed by atoms with Crippen molar-refractivity contribution in [2.24, 2.45) is 11.7 Å². The zero-order valence-electron chi connectivity index (χ0n) is 10.1. The van der Waals surface area contributed by atoms with E-state index in [2.05, 4.69) is 32.0 Å². The summed E-state index contributed by atoms with van der Waals surface area (Å²) in [6.07, 6.45) is 2.28. The number of hydrogen-bond donors (Lipinski definition) is 1. The lowest BCUT2D eigenvalue weighted by Crippen LogP contribution is -2.17. The highest BCUT2D eigenvalue weighted by atomic mass is 16.5. The molecule has 16 heavy (non-hydrogen) atoms. The molecule has 1 aliphatic rings. The molecule has 0 heterocycles. The molecule has 2 heteroatoms. The first-order chi connectivity index (χ1) is 7.72. The lowest BCUT2D eigenvalue weighted by Gasteiger charge is -2.08. The minimum absolute atomic E-state index is 0.310. The smallest absolute Gasteiger partial charge is 0.119 e. The Morgan fingerprint density at radius 2 is 2.31 bits per heavy atom. The van der Waals surface area contributed by atoms with Crippen LogP contribution in [0.15, 0.2) is 24.3 Å². The fourth-order valence-electron chi connectivity index (χ4n) is 2.23. The van der Waals surface area contributed by atoms with E-state index < -0.39 is 0 Å². The van der Waals surface area contributed by atoms with Crippen LogP contribution < -0.4 is 10.5 Å². The minimum atomic E-state index is 0.310. The van der Waals surface area contributed by atoms with Crippen LogP contribution in [-0.2, 0) is 0 Å². The SMILES string of the molecule is CCCOc1cccc(C2CC2C(C)N)c1. The van der Waals surface area contributed by atoms with Gasteiger partial charge in [0.1, 0.15) is 5.75 Å². The first-order valence-corrected chi connectivity index (χ1v) is 6.20. The van der Waals surface area contributed by atoms with E-state index in [1.807, 2.05) is 6.07 Å². The van der Waals surface area contributed by atoms with Gasteiger partial charge in [0.05, 0.1) is 6.61 Å². The first-order valence-electron chi connectivity index (χ1n) is 6.20. The molecule has 0 amide bonds. The Bertz CT molecular complexity index is 348. The second-order valence-corrected chi connectivity index (χ2v) is 4.79. The lowest BCUT2D eigenvalue weighted by atomic mass is 10.1. The Morgan fingerprint density at radius 3 is 2.94 bits per heavy atom. The van der Waals surface area contributed by atoms with Crippen molar-refractivity contribution in [3.05, 3.63) is 29.8 Å². The average Bonchev–Trinajstić information content (AvgIpc) is 3.07. The third-order valence-corrected chi connectivity index (χ3v) is 3.27. The van der Waals surface area contributed by atoms with Crippen LogP contribution in [0.5, 0.6) is 5.75 Å². The topological polar surface area (TPSA) is 35.2 Å². The van der Waals surface area contributed by atoms with Crippen molar-refractivity contribution in [2.45, 2.75) is 38.6 Å². The zero-order valence-corrected chi connectivity index (χ0v) is 10.1. The van der Waals surface area contributed by atoms with Crippen LogP contribution in [0.3, 0.4) is 0 Å². The summed E-state index contributed by atoms with van der Waals surface area (Å²) in [4.78, 5) is 0. The Labute approximate surface area is 97.8 Å². The molecule has 1 aromatic rings. The maximum atomic E-state index is 5.91. The second kappa shape index (κ2) is 4.88. The largest absolute Gasteiger partial charge is 0.494 e. The van der Waals surface area contributed by atoms with Crippen molar-refractivity contribution in [3.8, 4) is 5.75 Å². The zero-order chi connectivity index (χ0) is 11.5. The Kier molecular flexibility index (Phi) is 3.49. The van der Waals surface area contributed by atoms with E-state index in [0.29, 0.717) is 17.9 Å². The molecule has 0 aliphatic heterocycles. The Morgan fingerprint density at radius 1 is 1.50 bits per heavy atom. The van der Waals surface area contributed by atoms with Crippen LogP contribution in [0.4, 0.5) is 0 Å². The molecule has 1 fully saturated rings. The minimum Gasteiger partial charge on any atom is -0.494 e. The number of rotatable bonds is 5. The Balaban J connectivity index is 2.00. The van der Waals surface area contributed by atoms with Crippen molar-refractivity contribution < 1.29 is 4.74 Å². The quantitative estimate of drug-likeness (QED) is 0.826. The van der Waals surface area contributed by atoms with Crippen LogP contribution in [0.25, 0.3) is 0 Å². The van der Waals surface area contributed by atoms with Crippen LogP contribution in [0.2, 0.25) is 0 Å². The van der Waals surface area contributed by atoms with Gasteiger partial charge in [-0.25, -0.2) is 0 Å². The normalized spacial score (nSPS) is 25.2.